The Hall–Kier alpha value is -1.96. The molecule has 8 heteroatoms. The quantitative estimate of drug-likeness (QED) is 0.0964. The van der Waals surface area contributed by atoms with E-state index in [9.17, 15) is 24.3 Å². The number of hydrogen-bond acceptors (Lipinski definition) is 8. The molecule has 0 spiro atoms. The summed E-state index contributed by atoms with van der Waals surface area (Å²) < 4.78 is 15.9. The van der Waals surface area contributed by atoms with Crippen LogP contribution in [0.2, 0.25) is 0 Å². The third kappa shape index (κ3) is 12.3. The Morgan fingerprint density at radius 3 is 1.69 bits per heavy atom. The van der Waals surface area contributed by atoms with Crippen LogP contribution >= 0.6 is 0 Å². The first-order chi connectivity index (χ1) is 17.1. The summed E-state index contributed by atoms with van der Waals surface area (Å²) in [6.07, 6.45) is 7.75. The number of rotatable bonds is 21. The summed E-state index contributed by atoms with van der Waals surface area (Å²) in [6.45, 7) is 11.3. The topological polar surface area (TPSA) is 116 Å². The van der Waals surface area contributed by atoms with Gasteiger partial charge >= 0.3 is 17.9 Å². The van der Waals surface area contributed by atoms with Crippen molar-refractivity contribution in [3.8, 4) is 0 Å². The predicted octanol–water partition coefficient (Wildman–Crippen LogP) is 5.18. The fourth-order valence-corrected chi connectivity index (χ4v) is 3.98. The lowest BCUT2D eigenvalue weighted by molar-refractivity contribution is -0.188. The third-order valence-electron chi connectivity index (χ3n) is 6.65. The van der Waals surface area contributed by atoms with Crippen molar-refractivity contribution >= 4 is 23.7 Å². The second-order valence-corrected chi connectivity index (χ2v) is 9.78. The molecule has 0 aromatic rings. The van der Waals surface area contributed by atoms with Crippen LogP contribution in [0.5, 0.6) is 0 Å². The first-order valence-electron chi connectivity index (χ1n) is 13.8. The van der Waals surface area contributed by atoms with E-state index in [1.165, 1.54) is 0 Å². The summed E-state index contributed by atoms with van der Waals surface area (Å²) in [5.41, 5.74) is -2.70. The van der Waals surface area contributed by atoms with Crippen LogP contribution in [-0.4, -0.2) is 54.2 Å². The van der Waals surface area contributed by atoms with Crippen LogP contribution in [0.25, 0.3) is 0 Å². The van der Waals surface area contributed by atoms with Crippen molar-refractivity contribution in [2.45, 2.75) is 118 Å². The molecule has 1 N–H and O–H groups in total. The minimum Gasteiger partial charge on any atom is -0.465 e. The van der Waals surface area contributed by atoms with Gasteiger partial charge in [0.05, 0.1) is 26.2 Å². The Labute approximate surface area is 217 Å². The van der Waals surface area contributed by atoms with Crippen LogP contribution in [0.3, 0.4) is 0 Å². The van der Waals surface area contributed by atoms with E-state index in [0.717, 1.165) is 64.7 Å². The van der Waals surface area contributed by atoms with Gasteiger partial charge in [-0.2, -0.15) is 0 Å². The lowest BCUT2D eigenvalue weighted by Gasteiger charge is -2.31. The number of ketones is 1. The van der Waals surface area contributed by atoms with Gasteiger partial charge in [0.15, 0.2) is 11.5 Å². The van der Waals surface area contributed by atoms with Gasteiger partial charge in [0.1, 0.15) is 5.78 Å². The monoisotopic (exact) mass is 514 g/mol. The SMILES string of the molecule is CCCCOC(=O)C(O)(CC(=O)OCC(CC)CCCC)C(C(C)=O)C(=O)OCC(CC)CCCC. The van der Waals surface area contributed by atoms with Gasteiger partial charge in [0.25, 0.3) is 0 Å². The molecule has 0 aromatic heterocycles. The first-order valence-corrected chi connectivity index (χ1v) is 13.8. The highest BCUT2D eigenvalue weighted by Crippen LogP contribution is 2.28. The van der Waals surface area contributed by atoms with Gasteiger partial charge in [-0.25, -0.2) is 4.79 Å². The number of hydrogen-bond donors (Lipinski definition) is 1. The Balaban J connectivity index is 5.68. The number of Topliss-reactive ketones (excluding diaryl/α,β-unsaturated/α-hetero) is 1. The molecule has 0 aromatic carbocycles. The number of carbonyl (C=O) groups is 4. The predicted molar refractivity (Wildman–Crippen MR) is 138 cm³/mol. The Morgan fingerprint density at radius 1 is 0.750 bits per heavy atom. The first kappa shape index (κ1) is 34.0. The zero-order chi connectivity index (χ0) is 27.6. The standard InChI is InChI=1S/C28H50O8/c1-7-12-15-22(10-4)19-35-24(30)18-28(33,27(32)34-17-14-9-3)25(21(6)29)26(31)36-20-23(11-5)16-13-8-2/h22-23,25,33H,7-20H2,1-6H3. The highest BCUT2D eigenvalue weighted by Gasteiger charge is 2.54. The Bertz CT molecular complexity index is 662. The van der Waals surface area contributed by atoms with E-state index >= 15 is 0 Å². The normalized spacial score (nSPS) is 15.3. The molecule has 0 rings (SSSR count). The molecular formula is C28H50O8. The number of unbranched alkanes of at least 4 members (excludes halogenated alkanes) is 3. The second kappa shape index (κ2) is 19.2. The van der Waals surface area contributed by atoms with Gasteiger partial charge in [0, 0.05) is 0 Å². The van der Waals surface area contributed by atoms with Gasteiger partial charge in [-0.15, -0.1) is 0 Å². The Kier molecular flexibility index (Phi) is 18.1. The molecule has 36 heavy (non-hydrogen) atoms. The molecule has 8 nitrogen and oxygen atoms in total. The molecule has 0 aliphatic rings. The minimum atomic E-state index is -2.70. The zero-order valence-corrected chi connectivity index (χ0v) is 23.4. The number of aliphatic hydroxyl groups is 1. The van der Waals surface area contributed by atoms with Gasteiger partial charge in [-0.1, -0.05) is 79.6 Å². The van der Waals surface area contributed by atoms with E-state index < -0.39 is 41.6 Å². The van der Waals surface area contributed by atoms with Gasteiger partial charge in [0.2, 0.25) is 0 Å². The molecule has 0 aliphatic carbocycles. The zero-order valence-electron chi connectivity index (χ0n) is 23.4. The van der Waals surface area contributed by atoms with Crippen molar-refractivity contribution in [2.24, 2.45) is 17.8 Å². The summed E-state index contributed by atoms with van der Waals surface area (Å²) in [7, 11) is 0. The molecule has 0 saturated carbocycles. The third-order valence-corrected chi connectivity index (χ3v) is 6.65. The lowest BCUT2D eigenvalue weighted by Crippen LogP contribution is -2.55. The average molecular weight is 515 g/mol. The molecular weight excluding hydrogens is 464 g/mol. The summed E-state index contributed by atoms with van der Waals surface area (Å²) in [4.78, 5) is 51.2. The highest BCUT2D eigenvalue weighted by molar-refractivity contribution is 6.05. The molecule has 0 radical (unpaired) electrons. The fourth-order valence-electron chi connectivity index (χ4n) is 3.98. The van der Waals surface area contributed by atoms with E-state index in [4.69, 9.17) is 14.2 Å². The average Bonchev–Trinajstić information content (AvgIpc) is 2.84. The highest BCUT2D eigenvalue weighted by atomic mass is 16.6. The second-order valence-electron chi connectivity index (χ2n) is 9.78. The van der Waals surface area contributed by atoms with E-state index in [1.807, 2.05) is 20.8 Å². The van der Waals surface area contributed by atoms with Crippen molar-refractivity contribution < 1.29 is 38.5 Å². The summed E-state index contributed by atoms with van der Waals surface area (Å²) >= 11 is 0. The van der Waals surface area contributed by atoms with Crippen LogP contribution < -0.4 is 0 Å². The van der Waals surface area contributed by atoms with Crippen LogP contribution in [0.15, 0.2) is 0 Å². The van der Waals surface area contributed by atoms with E-state index in [-0.39, 0.29) is 31.7 Å². The van der Waals surface area contributed by atoms with Crippen LogP contribution in [0, 0.1) is 17.8 Å². The largest absolute Gasteiger partial charge is 0.465 e. The van der Waals surface area contributed by atoms with Gasteiger partial charge < -0.3 is 19.3 Å². The lowest BCUT2D eigenvalue weighted by atomic mass is 9.81. The molecule has 0 heterocycles. The molecule has 0 bridgehead atoms. The van der Waals surface area contributed by atoms with Crippen molar-refractivity contribution in [1.82, 2.24) is 0 Å². The smallest absolute Gasteiger partial charge is 0.340 e. The van der Waals surface area contributed by atoms with Crippen LogP contribution in [0.1, 0.15) is 112 Å². The molecule has 0 saturated heterocycles. The molecule has 4 unspecified atom stereocenters. The fraction of sp³-hybridized carbons (Fsp3) is 0.857. The Morgan fingerprint density at radius 2 is 1.25 bits per heavy atom. The molecule has 0 amide bonds. The summed E-state index contributed by atoms with van der Waals surface area (Å²) in [6, 6.07) is 0. The molecule has 4 atom stereocenters. The minimum absolute atomic E-state index is 0.00375. The number of esters is 3. The van der Waals surface area contributed by atoms with E-state index in [2.05, 4.69) is 13.8 Å². The van der Waals surface area contributed by atoms with Gasteiger partial charge in [-0.3, -0.25) is 14.4 Å². The van der Waals surface area contributed by atoms with Crippen molar-refractivity contribution in [3.05, 3.63) is 0 Å². The van der Waals surface area contributed by atoms with Crippen LogP contribution in [0.4, 0.5) is 0 Å². The van der Waals surface area contributed by atoms with Crippen molar-refractivity contribution in [2.75, 3.05) is 19.8 Å². The molecule has 210 valence electrons. The maximum absolute atomic E-state index is 13.0. The molecule has 0 aliphatic heterocycles. The molecule has 0 fully saturated rings. The summed E-state index contributed by atoms with van der Waals surface area (Å²) in [5.74, 6) is -5.50. The maximum Gasteiger partial charge on any atom is 0.340 e. The maximum atomic E-state index is 13.0. The van der Waals surface area contributed by atoms with E-state index in [0.29, 0.717) is 6.42 Å². The van der Waals surface area contributed by atoms with Crippen molar-refractivity contribution in [1.29, 1.82) is 0 Å². The van der Waals surface area contributed by atoms with Crippen molar-refractivity contribution in [3.63, 3.8) is 0 Å². The van der Waals surface area contributed by atoms with E-state index in [1.54, 1.807) is 0 Å². The van der Waals surface area contributed by atoms with Gasteiger partial charge in [-0.05, 0) is 38.0 Å². The summed E-state index contributed by atoms with van der Waals surface area (Å²) in [5, 5.41) is 11.4. The number of ether oxygens (including phenoxy) is 3. The number of carbonyl (C=O) groups excluding carboxylic acids is 4. The van der Waals surface area contributed by atoms with Crippen LogP contribution in [-0.2, 0) is 33.4 Å².